The fraction of sp³-hybridized carbons (Fsp3) is 0.250. The first-order valence-corrected chi connectivity index (χ1v) is 8.24. The number of aromatic carboxylic acids is 1. The van der Waals surface area contributed by atoms with E-state index in [0.717, 1.165) is 0 Å². The van der Waals surface area contributed by atoms with Crippen molar-refractivity contribution in [1.29, 1.82) is 0 Å². The summed E-state index contributed by atoms with van der Waals surface area (Å²) in [6.07, 6.45) is 0.764. The van der Waals surface area contributed by atoms with Crippen molar-refractivity contribution in [3.05, 3.63) is 59.2 Å². The van der Waals surface area contributed by atoms with Gasteiger partial charge in [0.1, 0.15) is 5.75 Å². The van der Waals surface area contributed by atoms with Crippen LogP contribution in [0.4, 0.5) is 5.69 Å². The van der Waals surface area contributed by atoms with Gasteiger partial charge in [0.15, 0.2) is 5.78 Å². The van der Waals surface area contributed by atoms with Crippen molar-refractivity contribution in [3.63, 3.8) is 0 Å². The summed E-state index contributed by atoms with van der Waals surface area (Å²) in [5, 5.41) is 11.8. The number of hydrogen-bond acceptors (Lipinski definition) is 4. The highest BCUT2D eigenvalue weighted by atomic mass is 16.5. The number of ether oxygens (including phenoxy) is 1. The largest absolute Gasteiger partial charge is 0.494 e. The van der Waals surface area contributed by atoms with Crippen LogP contribution >= 0.6 is 0 Å². The van der Waals surface area contributed by atoms with Crippen LogP contribution in [0.1, 0.15) is 46.0 Å². The number of Topliss-reactive ketones (excluding diaryl/α,β-unsaturated/α-hetero) is 1. The van der Waals surface area contributed by atoms with E-state index in [0.29, 0.717) is 35.6 Å². The summed E-state index contributed by atoms with van der Waals surface area (Å²) < 4.78 is 5.54. The van der Waals surface area contributed by atoms with E-state index in [4.69, 9.17) is 9.84 Å². The molecule has 0 fully saturated rings. The van der Waals surface area contributed by atoms with Crippen LogP contribution in [0.5, 0.6) is 5.75 Å². The molecule has 0 bridgehead atoms. The SMILES string of the molecule is CC(=O)c1ccc(OCCCC(=O)Nc2ccc(C)c(C(=O)O)c2)cc1. The second-order valence-electron chi connectivity index (χ2n) is 5.92. The number of ketones is 1. The first-order valence-electron chi connectivity index (χ1n) is 8.24. The van der Waals surface area contributed by atoms with E-state index in [1.807, 2.05) is 0 Å². The lowest BCUT2D eigenvalue weighted by atomic mass is 10.1. The predicted octanol–water partition coefficient (Wildman–Crippen LogP) is 3.69. The van der Waals surface area contributed by atoms with E-state index in [1.165, 1.54) is 13.0 Å². The van der Waals surface area contributed by atoms with Crippen LogP contribution in [-0.2, 0) is 4.79 Å². The molecule has 0 unspecified atom stereocenters. The second kappa shape index (κ2) is 8.80. The van der Waals surface area contributed by atoms with E-state index in [-0.39, 0.29) is 23.7 Å². The number of hydrogen-bond donors (Lipinski definition) is 2. The maximum atomic E-state index is 12.0. The average molecular weight is 355 g/mol. The third-order valence-corrected chi connectivity index (χ3v) is 3.83. The highest BCUT2D eigenvalue weighted by Crippen LogP contribution is 2.16. The zero-order valence-corrected chi connectivity index (χ0v) is 14.7. The minimum absolute atomic E-state index is 0.00428. The van der Waals surface area contributed by atoms with Crippen molar-refractivity contribution in [2.75, 3.05) is 11.9 Å². The van der Waals surface area contributed by atoms with Crippen molar-refractivity contribution >= 4 is 23.3 Å². The fourth-order valence-corrected chi connectivity index (χ4v) is 2.36. The molecule has 0 radical (unpaired) electrons. The average Bonchev–Trinajstić information content (AvgIpc) is 2.60. The normalized spacial score (nSPS) is 10.2. The molecule has 2 aromatic rings. The summed E-state index contributed by atoms with van der Waals surface area (Å²) in [7, 11) is 0. The highest BCUT2D eigenvalue weighted by Gasteiger charge is 2.09. The third kappa shape index (κ3) is 5.44. The molecule has 0 heterocycles. The Bertz CT molecular complexity index is 811. The number of carboxylic acids is 1. The molecule has 0 aromatic heterocycles. The van der Waals surface area contributed by atoms with Gasteiger partial charge in [0, 0.05) is 17.7 Å². The van der Waals surface area contributed by atoms with Gasteiger partial charge in [-0.15, -0.1) is 0 Å². The zero-order chi connectivity index (χ0) is 19.1. The van der Waals surface area contributed by atoms with Crippen LogP contribution < -0.4 is 10.1 Å². The van der Waals surface area contributed by atoms with Crippen molar-refractivity contribution in [3.8, 4) is 5.75 Å². The maximum Gasteiger partial charge on any atom is 0.336 e. The van der Waals surface area contributed by atoms with Crippen molar-refractivity contribution in [2.24, 2.45) is 0 Å². The molecule has 136 valence electrons. The Balaban J connectivity index is 1.78. The number of carbonyl (C=O) groups excluding carboxylic acids is 2. The molecule has 0 aliphatic carbocycles. The third-order valence-electron chi connectivity index (χ3n) is 3.83. The smallest absolute Gasteiger partial charge is 0.336 e. The van der Waals surface area contributed by atoms with Gasteiger partial charge in [-0.05, 0) is 62.2 Å². The van der Waals surface area contributed by atoms with Gasteiger partial charge in [-0.2, -0.15) is 0 Å². The maximum absolute atomic E-state index is 12.0. The molecule has 1 amide bonds. The Morgan fingerprint density at radius 3 is 2.38 bits per heavy atom. The summed E-state index contributed by atoms with van der Waals surface area (Å²) in [6.45, 7) is 3.57. The molecule has 0 spiro atoms. The minimum Gasteiger partial charge on any atom is -0.494 e. The van der Waals surface area contributed by atoms with Gasteiger partial charge < -0.3 is 15.2 Å². The van der Waals surface area contributed by atoms with Crippen molar-refractivity contribution in [1.82, 2.24) is 0 Å². The molecule has 0 saturated carbocycles. The number of benzene rings is 2. The Hall–Kier alpha value is -3.15. The van der Waals surface area contributed by atoms with Gasteiger partial charge in [-0.3, -0.25) is 9.59 Å². The van der Waals surface area contributed by atoms with Crippen LogP contribution in [0.2, 0.25) is 0 Å². The van der Waals surface area contributed by atoms with Gasteiger partial charge in [0.2, 0.25) is 5.91 Å². The number of rotatable bonds is 8. The summed E-state index contributed by atoms with van der Waals surface area (Å²) >= 11 is 0. The van der Waals surface area contributed by atoms with Gasteiger partial charge in [0.25, 0.3) is 0 Å². The number of anilines is 1. The van der Waals surface area contributed by atoms with Gasteiger partial charge >= 0.3 is 5.97 Å². The van der Waals surface area contributed by atoms with Crippen LogP contribution in [-0.4, -0.2) is 29.4 Å². The molecule has 2 rings (SSSR count). The first-order chi connectivity index (χ1) is 12.4. The highest BCUT2D eigenvalue weighted by molar-refractivity contribution is 5.95. The fourth-order valence-electron chi connectivity index (χ4n) is 2.36. The molecule has 0 aliphatic rings. The summed E-state index contributed by atoms with van der Waals surface area (Å²) in [5.41, 5.74) is 1.88. The van der Waals surface area contributed by atoms with E-state index in [2.05, 4.69) is 5.32 Å². The molecule has 0 atom stereocenters. The first kappa shape index (κ1) is 19.2. The lowest BCUT2D eigenvalue weighted by Crippen LogP contribution is -2.13. The van der Waals surface area contributed by atoms with Gasteiger partial charge in [0.05, 0.1) is 12.2 Å². The van der Waals surface area contributed by atoms with Crippen LogP contribution in [0.15, 0.2) is 42.5 Å². The number of aryl methyl sites for hydroxylation is 1. The molecule has 6 heteroatoms. The molecule has 6 nitrogen and oxygen atoms in total. The van der Waals surface area contributed by atoms with Crippen LogP contribution in [0, 0.1) is 6.92 Å². The van der Waals surface area contributed by atoms with Crippen LogP contribution in [0.3, 0.4) is 0 Å². The summed E-state index contributed by atoms with van der Waals surface area (Å²) in [5.74, 6) is -0.598. The van der Waals surface area contributed by atoms with E-state index in [9.17, 15) is 14.4 Å². The minimum atomic E-state index is -1.03. The Morgan fingerprint density at radius 1 is 1.08 bits per heavy atom. The molecule has 2 N–H and O–H groups in total. The quantitative estimate of drug-likeness (QED) is 0.556. The van der Waals surface area contributed by atoms with Crippen molar-refractivity contribution in [2.45, 2.75) is 26.7 Å². The second-order valence-corrected chi connectivity index (χ2v) is 5.92. The Kier molecular flexibility index (Phi) is 6.49. The monoisotopic (exact) mass is 355 g/mol. The molecule has 2 aromatic carbocycles. The van der Waals surface area contributed by atoms with Gasteiger partial charge in [-0.1, -0.05) is 6.07 Å². The lowest BCUT2D eigenvalue weighted by Gasteiger charge is -2.09. The molecular formula is C20H21NO5. The van der Waals surface area contributed by atoms with E-state index >= 15 is 0 Å². The standard InChI is InChI=1S/C20H21NO5/c1-13-5-8-16(12-18(13)20(24)25)21-19(23)4-3-11-26-17-9-6-15(7-10-17)14(2)22/h5-10,12H,3-4,11H2,1-2H3,(H,21,23)(H,24,25). The molecular weight excluding hydrogens is 334 g/mol. The predicted molar refractivity (Wildman–Crippen MR) is 97.9 cm³/mol. The Labute approximate surface area is 151 Å². The molecule has 0 saturated heterocycles. The Morgan fingerprint density at radius 2 is 1.77 bits per heavy atom. The topological polar surface area (TPSA) is 92.7 Å². The molecule has 0 aliphatic heterocycles. The number of carboxylic acid groups (broad SMARTS) is 1. The van der Waals surface area contributed by atoms with Gasteiger partial charge in [-0.25, -0.2) is 4.79 Å². The number of amides is 1. The summed E-state index contributed by atoms with van der Waals surface area (Å²) in [4.78, 5) is 34.3. The zero-order valence-electron chi connectivity index (χ0n) is 14.7. The number of carbonyl (C=O) groups is 3. The van der Waals surface area contributed by atoms with Crippen molar-refractivity contribution < 1.29 is 24.2 Å². The summed E-state index contributed by atoms with van der Waals surface area (Å²) in [6, 6.07) is 11.6. The lowest BCUT2D eigenvalue weighted by molar-refractivity contribution is -0.116. The van der Waals surface area contributed by atoms with E-state index < -0.39 is 5.97 Å². The molecule has 26 heavy (non-hydrogen) atoms. The van der Waals surface area contributed by atoms with Crippen LogP contribution in [0.25, 0.3) is 0 Å². The van der Waals surface area contributed by atoms with E-state index in [1.54, 1.807) is 43.3 Å². The number of nitrogens with one attached hydrogen (secondary N) is 1.